The second kappa shape index (κ2) is 4.97. The third-order valence-electron chi connectivity index (χ3n) is 3.04. The van der Waals surface area contributed by atoms with Gasteiger partial charge in [0.05, 0.1) is 11.5 Å². The van der Waals surface area contributed by atoms with Gasteiger partial charge in [-0.15, -0.1) is 0 Å². The number of fused-ring (bicyclic) bond motifs is 3. The van der Waals surface area contributed by atoms with Gasteiger partial charge in [-0.3, -0.25) is 4.79 Å². The van der Waals surface area contributed by atoms with Crippen molar-refractivity contribution in [3.8, 4) is 5.75 Å². The first kappa shape index (κ1) is 13.2. The molecule has 0 fully saturated rings. The summed E-state index contributed by atoms with van der Waals surface area (Å²) in [4.78, 5) is 29.3. The third kappa shape index (κ3) is 2.35. The number of H-pyrrole nitrogens is 2. The summed E-state index contributed by atoms with van der Waals surface area (Å²) in [6.07, 6.45) is 0.409. The van der Waals surface area contributed by atoms with Crippen molar-refractivity contribution in [1.82, 2.24) is 9.97 Å². The summed E-state index contributed by atoms with van der Waals surface area (Å²) >= 11 is 0. The monoisotopic (exact) mass is 286 g/mol. The molecule has 3 aromatic rings. The molecule has 0 aliphatic heterocycles. The molecule has 0 saturated heterocycles. The van der Waals surface area contributed by atoms with E-state index < -0.39 is 6.16 Å². The van der Waals surface area contributed by atoms with Crippen LogP contribution in [0, 0.1) is 0 Å². The van der Waals surface area contributed by atoms with Crippen LogP contribution in [-0.2, 0) is 4.74 Å². The summed E-state index contributed by atoms with van der Waals surface area (Å²) < 4.78 is 10.2. The Kier molecular flexibility index (Phi) is 3.13. The fourth-order valence-electron chi connectivity index (χ4n) is 2.23. The van der Waals surface area contributed by atoms with E-state index in [1.54, 1.807) is 19.9 Å². The molecule has 0 atom stereocenters. The Morgan fingerprint density at radius 1 is 1.24 bits per heavy atom. The number of aromatic amines is 2. The zero-order valence-electron chi connectivity index (χ0n) is 11.6. The van der Waals surface area contributed by atoms with Crippen LogP contribution in [0.1, 0.15) is 13.8 Å². The summed E-state index contributed by atoms with van der Waals surface area (Å²) in [5.41, 5.74) is 0.772. The topological polar surface area (TPSA) is 84.2 Å². The van der Waals surface area contributed by atoms with Gasteiger partial charge in [-0.2, -0.15) is 0 Å². The molecular formula is C15H14N2O4. The van der Waals surface area contributed by atoms with Gasteiger partial charge in [-0.25, -0.2) is 4.79 Å². The van der Waals surface area contributed by atoms with Gasteiger partial charge in [0, 0.05) is 17.1 Å². The van der Waals surface area contributed by atoms with Crippen molar-refractivity contribution in [2.24, 2.45) is 0 Å². The van der Waals surface area contributed by atoms with Gasteiger partial charge in [-0.05, 0) is 19.9 Å². The molecule has 1 aromatic carbocycles. The first-order valence-electron chi connectivity index (χ1n) is 6.57. The number of pyridine rings is 1. The summed E-state index contributed by atoms with van der Waals surface area (Å²) in [5, 5.41) is 1.36. The predicted molar refractivity (Wildman–Crippen MR) is 78.7 cm³/mol. The fourth-order valence-corrected chi connectivity index (χ4v) is 2.23. The van der Waals surface area contributed by atoms with Gasteiger partial charge < -0.3 is 19.4 Å². The zero-order valence-corrected chi connectivity index (χ0v) is 11.6. The number of rotatable bonds is 2. The first-order chi connectivity index (χ1) is 10.1. The molecule has 2 aromatic heterocycles. The maximum Gasteiger partial charge on any atom is 0.514 e. The second-order valence-electron chi connectivity index (χ2n) is 4.92. The molecule has 0 amide bonds. The minimum Gasteiger partial charge on any atom is -0.431 e. The first-order valence-corrected chi connectivity index (χ1v) is 6.57. The van der Waals surface area contributed by atoms with Gasteiger partial charge in [0.25, 0.3) is 5.56 Å². The lowest BCUT2D eigenvalue weighted by atomic mass is 10.1. The van der Waals surface area contributed by atoms with Crippen LogP contribution in [0.15, 0.2) is 35.3 Å². The molecule has 0 bridgehead atoms. The molecule has 0 aliphatic carbocycles. The van der Waals surface area contributed by atoms with Crippen molar-refractivity contribution in [3.63, 3.8) is 0 Å². The summed E-state index contributed by atoms with van der Waals surface area (Å²) in [5.74, 6) is 0.276. The van der Waals surface area contributed by atoms with Crippen LogP contribution in [0.3, 0.4) is 0 Å². The molecule has 0 aliphatic rings. The summed E-state index contributed by atoms with van der Waals surface area (Å²) in [6.45, 7) is 3.47. The Morgan fingerprint density at radius 3 is 2.76 bits per heavy atom. The van der Waals surface area contributed by atoms with Crippen LogP contribution in [-0.4, -0.2) is 22.2 Å². The van der Waals surface area contributed by atoms with Crippen LogP contribution in [0.5, 0.6) is 5.75 Å². The lowest BCUT2D eigenvalue weighted by Crippen LogP contribution is -2.15. The zero-order chi connectivity index (χ0) is 15.0. The average molecular weight is 286 g/mol. The van der Waals surface area contributed by atoms with Gasteiger partial charge in [0.2, 0.25) is 0 Å². The van der Waals surface area contributed by atoms with Gasteiger partial charge in [-0.1, -0.05) is 18.2 Å². The maximum absolute atomic E-state index is 12.0. The largest absolute Gasteiger partial charge is 0.514 e. The van der Waals surface area contributed by atoms with E-state index in [4.69, 9.17) is 9.47 Å². The predicted octanol–water partition coefficient (Wildman–Crippen LogP) is 2.93. The molecule has 6 heteroatoms. The van der Waals surface area contributed by atoms with Crippen molar-refractivity contribution >= 4 is 28.0 Å². The number of benzene rings is 1. The highest BCUT2D eigenvalue weighted by Crippen LogP contribution is 2.30. The van der Waals surface area contributed by atoms with Gasteiger partial charge in [0.15, 0.2) is 5.75 Å². The minimum absolute atomic E-state index is 0.268. The average Bonchev–Trinajstić information content (AvgIpc) is 2.82. The lowest BCUT2D eigenvalue weighted by Gasteiger charge is -2.08. The van der Waals surface area contributed by atoms with E-state index in [1.165, 1.54) is 6.20 Å². The van der Waals surface area contributed by atoms with E-state index in [0.717, 1.165) is 5.39 Å². The summed E-state index contributed by atoms with van der Waals surface area (Å²) in [6, 6.07) is 7.31. The standard InChI is InChI=1S/C15H14N2O4/c1-8(2)20-15(19)21-11-7-16-13-12(11)9-5-3-4-6-10(9)17-14(13)18/h3-8,16H,1-2H3,(H,17,18). The highest BCUT2D eigenvalue weighted by Gasteiger charge is 2.16. The molecule has 21 heavy (non-hydrogen) atoms. The van der Waals surface area contributed by atoms with Crippen LogP contribution in [0.4, 0.5) is 4.79 Å². The summed E-state index contributed by atoms with van der Waals surface area (Å²) in [7, 11) is 0. The number of para-hydroxylation sites is 1. The van der Waals surface area contributed by atoms with E-state index in [-0.39, 0.29) is 17.4 Å². The second-order valence-corrected chi connectivity index (χ2v) is 4.92. The van der Waals surface area contributed by atoms with Crippen molar-refractivity contribution < 1.29 is 14.3 Å². The van der Waals surface area contributed by atoms with Crippen molar-refractivity contribution in [2.45, 2.75) is 20.0 Å². The number of carbonyl (C=O) groups is 1. The van der Waals surface area contributed by atoms with Crippen LogP contribution in [0.2, 0.25) is 0 Å². The molecule has 0 radical (unpaired) electrons. The molecule has 0 unspecified atom stereocenters. The van der Waals surface area contributed by atoms with E-state index in [0.29, 0.717) is 16.4 Å². The maximum atomic E-state index is 12.0. The van der Waals surface area contributed by atoms with E-state index in [2.05, 4.69) is 9.97 Å². The van der Waals surface area contributed by atoms with Crippen LogP contribution in [0.25, 0.3) is 21.8 Å². The van der Waals surface area contributed by atoms with Crippen LogP contribution < -0.4 is 10.3 Å². The highest BCUT2D eigenvalue weighted by molar-refractivity contribution is 6.08. The van der Waals surface area contributed by atoms with Crippen molar-refractivity contribution in [2.75, 3.05) is 0 Å². The number of ether oxygens (including phenoxy) is 2. The quantitative estimate of drug-likeness (QED) is 0.709. The molecule has 0 spiro atoms. The SMILES string of the molecule is CC(C)OC(=O)Oc1c[nH]c2c(=O)[nH]c3ccccc3c12. The minimum atomic E-state index is -0.796. The molecule has 6 nitrogen and oxygen atoms in total. The normalized spacial score (nSPS) is 11.2. The van der Waals surface area contributed by atoms with E-state index >= 15 is 0 Å². The smallest absolute Gasteiger partial charge is 0.431 e. The highest BCUT2D eigenvalue weighted by atomic mass is 16.7. The lowest BCUT2D eigenvalue weighted by molar-refractivity contribution is 0.0733. The van der Waals surface area contributed by atoms with Crippen molar-refractivity contribution in [1.29, 1.82) is 0 Å². The molecule has 108 valence electrons. The number of carbonyl (C=O) groups excluding carboxylic acids is 1. The van der Waals surface area contributed by atoms with Crippen molar-refractivity contribution in [3.05, 3.63) is 40.8 Å². The number of aromatic nitrogens is 2. The Labute approximate surface area is 119 Å². The van der Waals surface area contributed by atoms with Crippen LogP contribution >= 0.6 is 0 Å². The Balaban J connectivity index is 2.16. The number of hydrogen-bond acceptors (Lipinski definition) is 4. The molecule has 2 N–H and O–H groups in total. The number of hydrogen-bond donors (Lipinski definition) is 2. The molecule has 2 heterocycles. The van der Waals surface area contributed by atoms with Gasteiger partial charge in [0.1, 0.15) is 5.52 Å². The Morgan fingerprint density at radius 2 is 2.00 bits per heavy atom. The fraction of sp³-hybridized carbons (Fsp3) is 0.200. The van der Waals surface area contributed by atoms with E-state index in [9.17, 15) is 9.59 Å². The molecule has 3 rings (SSSR count). The van der Waals surface area contributed by atoms with Gasteiger partial charge >= 0.3 is 6.16 Å². The van der Waals surface area contributed by atoms with E-state index in [1.807, 2.05) is 18.2 Å². The Bertz CT molecular complexity index is 876. The molecule has 0 saturated carbocycles. The molecular weight excluding hydrogens is 272 g/mol. The Hall–Kier alpha value is -2.76. The number of nitrogens with one attached hydrogen (secondary N) is 2. The third-order valence-corrected chi connectivity index (χ3v) is 3.04.